The van der Waals surface area contributed by atoms with E-state index in [0.717, 1.165) is 12.1 Å². The summed E-state index contributed by atoms with van der Waals surface area (Å²) in [7, 11) is 0. The third kappa shape index (κ3) is 4.76. The number of carbonyl (C=O) groups is 1. The quantitative estimate of drug-likeness (QED) is 0.674. The lowest BCUT2D eigenvalue weighted by Crippen LogP contribution is -2.22. The molecule has 1 saturated heterocycles. The minimum Gasteiger partial charge on any atom is -0.348 e. The van der Waals surface area contributed by atoms with Gasteiger partial charge in [-0.05, 0) is 23.3 Å². The number of nitrogens with one attached hydrogen (secondary N) is 1. The number of hydrogen-bond donors (Lipinski definition) is 1. The average molecular weight is 396 g/mol. The summed E-state index contributed by atoms with van der Waals surface area (Å²) in [5.74, 6) is 2.36. The Labute approximate surface area is 167 Å². The summed E-state index contributed by atoms with van der Waals surface area (Å²) in [4.78, 5) is 12.4. The second-order valence-electron chi connectivity index (χ2n) is 6.41. The van der Waals surface area contributed by atoms with Crippen molar-refractivity contribution in [2.75, 3.05) is 11.5 Å². The van der Waals surface area contributed by atoms with Gasteiger partial charge in [-0.3, -0.25) is 9.48 Å². The second kappa shape index (κ2) is 8.67. The molecular formula is C21H21N3OS2. The van der Waals surface area contributed by atoms with E-state index in [9.17, 15) is 4.79 Å². The van der Waals surface area contributed by atoms with Crippen LogP contribution in [0.25, 0.3) is 0 Å². The monoisotopic (exact) mass is 395 g/mol. The highest BCUT2D eigenvalue weighted by Gasteiger charge is 2.18. The third-order valence-corrected chi connectivity index (χ3v) is 7.50. The SMILES string of the molecule is O=C(NCc1cnn(Cc2ccccc2)c1)c1ccc(C2SCCS2)cc1. The molecule has 0 atom stereocenters. The topological polar surface area (TPSA) is 46.9 Å². The number of hydrogen-bond acceptors (Lipinski definition) is 4. The summed E-state index contributed by atoms with van der Waals surface area (Å²) in [6.45, 7) is 1.21. The second-order valence-corrected chi connectivity index (χ2v) is 9.13. The molecule has 2 aromatic carbocycles. The van der Waals surface area contributed by atoms with Crippen LogP contribution in [0.2, 0.25) is 0 Å². The number of rotatable bonds is 6. The minimum atomic E-state index is -0.0518. The Bertz CT molecular complexity index is 887. The molecule has 0 bridgehead atoms. The third-order valence-electron chi connectivity index (χ3n) is 4.39. The first-order chi connectivity index (χ1) is 13.3. The molecule has 2 heterocycles. The Hall–Kier alpha value is -2.18. The summed E-state index contributed by atoms with van der Waals surface area (Å²) in [5.41, 5.74) is 4.19. The Balaban J connectivity index is 1.31. The molecule has 0 saturated carbocycles. The predicted octanol–water partition coefficient (Wildman–Crippen LogP) is 4.34. The van der Waals surface area contributed by atoms with Gasteiger partial charge in [-0.2, -0.15) is 5.10 Å². The van der Waals surface area contributed by atoms with Gasteiger partial charge in [0.05, 0.1) is 17.3 Å². The molecule has 0 spiro atoms. The Kier molecular flexibility index (Phi) is 5.84. The highest BCUT2D eigenvalue weighted by atomic mass is 32.2. The zero-order valence-electron chi connectivity index (χ0n) is 14.9. The molecular weight excluding hydrogens is 374 g/mol. The molecule has 3 aromatic rings. The van der Waals surface area contributed by atoms with Crippen LogP contribution in [0.5, 0.6) is 0 Å². The number of carbonyl (C=O) groups excluding carboxylic acids is 1. The van der Waals surface area contributed by atoms with Gasteiger partial charge in [0, 0.05) is 35.4 Å². The lowest BCUT2D eigenvalue weighted by atomic mass is 10.1. The van der Waals surface area contributed by atoms with Crippen LogP contribution in [0.15, 0.2) is 67.0 Å². The lowest BCUT2D eigenvalue weighted by Gasteiger charge is -2.09. The molecule has 4 rings (SSSR count). The van der Waals surface area contributed by atoms with Crippen molar-refractivity contribution >= 4 is 29.4 Å². The van der Waals surface area contributed by atoms with Crippen LogP contribution < -0.4 is 5.32 Å². The molecule has 27 heavy (non-hydrogen) atoms. The lowest BCUT2D eigenvalue weighted by molar-refractivity contribution is 0.0951. The summed E-state index contributed by atoms with van der Waals surface area (Å²) in [5, 5.41) is 7.36. The van der Waals surface area contributed by atoms with Crippen molar-refractivity contribution in [2.24, 2.45) is 0 Å². The van der Waals surface area contributed by atoms with E-state index in [2.05, 4.69) is 34.7 Å². The van der Waals surface area contributed by atoms with E-state index in [1.807, 2.05) is 64.7 Å². The van der Waals surface area contributed by atoms with Crippen molar-refractivity contribution in [3.63, 3.8) is 0 Å². The van der Waals surface area contributed by atoms with Crippen LogP contribution in [0.4, 0.5) is 0 Å². The average Bonchev–Trinajstić information content (AvgIpc) is 3.39. The smallest absolute Gasteiger partial charge is 0.251 e. The molecule has 1 N–H and O–H groups in total. The number of benzene rings is 2. The maximum Gasteiger partial charge on any atom is 0.251 e. The van der Waals surface area contributed by atoms with E-state index in [-0.39, 0.29) is 5.91 Å². The molecule has 6 heteroatoms. The highest BCUT2D eigenvalue weighted by Crippen LogP contribution is 2.45. The minimum absolute atomic E-state index is 0.0518. The van der Waals surface area contributed by atoms with E-state index < -0.39 is 0 Å². The number of nitrogens with zero attached hydrogens (tertiary/aromatic N) is 2. The summed E-state index contributed by atoms with van der Waals surface area (Å²) in [6, 6.07) is 18.2. The molecule has 138 valence electrons. The van der Waals surface area contributed by atoms with Crippen molar-refractivity contribution in [3.05, 3.63) is 89.2 Å². The number of thioether (sulfide) groups is 2. The van der Waals surface area contributed by atoms with Crippen molar-refractivity contribution < 1.29 is 4.79 Å². The van der Waals surface area contributed by atoms with Gasteiger partial charge in [-0.15, -0.1) is 23.5 Å². The van der Waals surface area contributed by atoms with E-state index in [1.165, 1.54) is 22.6 Å². The maximum atomic E-state index is 12.4. The van der Waals surface area contributed by atoms with E-state index in [1.54, 1.807) is 6.20 Å². The van der Waals surface area contributed by atoms with E-state index >= 15 is 0 Å². The normalized spacial score (nSPS) is 14.4. The molecule has 1 aliphatic heterocycles. The Morgan fingerprint density at radius 1 is 1.04 bits per heavy atom. The number of aromatic nitrogens is 2. The zero-order valence-corrected chi connectivity index (χ0v) is 16.5. The largest absolute Gasteiger partial charge is 0.348 e. The first-order valence-electron chi connectivity index (χ1n) is 8.94. The van der Waals surface area contributed by atoms with Gasteiger partial charge < -0.3 is 5.32 Å². The zero-order chi connectivity index (χ0) is 18.5. The van der Waals surface area contributed by atoms with Crippen LogP contribution in [0.1, 0.15) is 31.6 Å². The van der Waals surface area contributed by atoms with Gasteiger partial charge in [0.25, 0.3) is 5.91 Å². The van der Waals surface area contributed by atoms with Crippen LogP contribution >= 0.6 is 23.5 Å². The molecule has 0 aliphatic carbocycles. The molecule has 1 amide bonds. The molecule has 0 radical (unpaired) electrons. The van der Waals surface area contributed by atoms with Gasteiger partial charge in [-0.25, -0.2) is 0 Å². The van der Waals surface area contributed by atoms with Crippen molar-refractivity contribution in [2.45, 2.75) is 17.7 Å². The summed E-state index contributed by atoms with van der Waals surface area (Å²) < 4.78 is 2.40. The van der Waals surface area contributed by atoms with Crippen molar-refractivity contribution in [3.8, 4) is 0 Å². The molecule has 1 fully saturated rings. The Morgan fingerprint density at radius 3 is 2.52 bits per heavy atom. The fourth-order valence-corrected chi connectivity index (χ4v) is 5.84. The van der Waals surface area contributed by atoms with Gasteiger partial charge in [0.1, 0.15) is 0 Å². The molecule has 4 nitrogen and oxygen atoms in total. The first-order valence-corrected chi connectivity index (χ1v) is 11.0. The maximum absolute atomic E-state index is 12.4. The predicted molar refractivity (Wildman–Crippen MR) is 113 cm³/mol. The van der Waals surface area contributed by atoms with Crippen LogP contribution in [-0.2, 0) is 13.1 Å². The Morgan fingerprint density at radius 2 is 1.78 bits per heavy atom. The highest BCUT2D eigenvalue weighted by molar-refractivity contribution is 8.19. The fourth-order valence-electron chi connectivity index (χ4n) is 2.98. The van der Waals surface area contributed by atoms with Crippen molar-refractivity contribution in [1.82, 2.24) is 15.1 Å². The van der Waals surface area contributed by atoms with Gasteiger partial charge in [0.2, 0.25) is 0 Å². The molecule has 0 unspecified atom stereocenters. The summed E-state index contributed by atoms with van der Waals surface area (Å²) in [6.07, 6.45) is 3.78. The van der Waals surface area contributed by atoms with Crippen LogP contribution in [-0.4, -0.2) is 27.2 Å². The van der Waals surface area contributed by atoms with E-state index in [4.69, 9.17) is 0 Å². The number of amides is 1. The molecule has 1 aromatic heterocycles. The van der Waals surface area contributed by atoms with Crippen molar-refractivity contribution in [1.29, 1.82) is 0 Å². The summed E-state index contributed by atoms with van der Waals surface area (Å²) >= 11 is 3.95. The van der Waals surface area contributed by atoms with E-state index in [0.29, 0.717) is 16.7 Å². The fraction of sp³-hybridized carbons (Fsp3) is 0.238. The van der Waals surface area contributed by atoms with Gasteiger partial charge in [-0.1, -0.05) is 42.5 Å². The van der Waals surface area contributed by atoms with Crippen LogP contribution in [0, 0.1) is 0 Å². The first kappa shape index (κ1) is 18.2. The van der Waals surface area contributed by atoms with Gasteiger partial charge >= 0.3 is 0 Å². The van der Waals surface area contributed by atoms with Gasteiger partial charge in [0.15, 0.2) is 0 Å². The van der Waals surface area contributed by atoms with Crippen LogP contribution in [0.3, 0.4) is 0 Å². The molecule has 1 aliphatic rings. The standard InChI is InChI=1S/C21H21N3OS2/c25-20(18-6-8-19(9-7-18)21-26-10-11-27-21)22-12-17-13-23-24(15-17)14-16-4-2-1-3-5-16/h1-9,13,15,21H,10-12,14H2,(H,22,25).